The standard InChI is InChI=1S/C8H8Br2/c9-7-5-3-1-2-4-6(5)8(7)10/h1-8H/t5-,6+,7-,8+. The molecule has 10 heavy (non-hydrogen) atoms. The topological polar surface area (TPSA) is 0 Å². The van der Waals surface area contributed by atoms with E-state index in [4.69, 9.17) is 0 Å². The fourth-order valence-electron chi connectivity index (χ4n) is 1.56. The summed E-state index contributed by atoms with van der Waals surface area (Å²) in [5.74, 6) is 1.46. The molecule has 1 saturated carbocycles. The van der Waals surface area contributed by atoms with Gasteiger partial charge in [-0.15, -0.1) is 0 Å². The molecular weight excluding hydrogens is 256 g/mol. The molecule has 54 valence electrons. The van der Waals surface area contributed by atoms with E-state index in [0.717, 1.165) is 11.8 Å². The zero-order valence-corrected chi connectivity index (χ0v) is 8.55. The van der Waals surface area contributed by atoms with Crippen LogP contribution in [0.2, 0.25) is 0 Å². The Balaban J connectivity index is 2.17. The van der Waals surface area contributed by atoms with Crippen LogP contribution in [-0.2, 0) is 0 Å². The van der Waals surface area contributed by atoms with Crippen molar-refractivity contribution >= 4 is 31.9 Å². The first kappa shape index (κ1) is 7.11. The molecule has 0 saturated heterocycles. The van der Waals surface area contributed by atoms with Gasteiger partial charge in [0.05, 0.1) is 0 Å². The highest BCUT2D eigenvalue weighted by molar-refractivity contribution is 9.12. The third-order valence-corrected chi connectivity index (χ3v) is 5.33. The fourth-order valence-corrected chi connectivity index (χ4v) is 3.32. The van der Waals surface area contributed by atoms with Gasteiger partial charge in [-0.2, -0.15) is 0 Å². The Hall–Kier alpha value is 0.440. The lowest BCUT2D eigenvalue weighted by molar-refractivity contribution is 0.323. The third kappa shape index (κ3) is 0.850. The lowest BCUT2D eigenvalue weighted by atomic mass is 9.71. The number of hydrogen-bond acceptors (Lipinski definition) is 0. The smallest absolute Gasteiger partial charge is 0.0345 e. The summed E-state index contributed by atoms with van der Waals surface area (Å²) in [6, 6.07) is 0. The zero-order valence-electron chi connectivity index (χ0n) is 5.37. The van der Waals surface area contributed by atoms with E-state index in [0.29, 0.717) is 9.65 Å². The summed E-state index contributed by atoms with van der Waals surface area (Å²) in [4.78, 5) is 1.28. The number of allylic oxidation sites excluding steroid dienone is 4. The minimum absolute atomic E-state index is 0.638. The zero-order chi connectivity index (χ0) is 7.14. The lowest BCUT2D eigenvalue weighted by Crippen LogP contribution is -2.47. The predicted molar refractivity (Wildman–Crippen MR) is 50.7 cm³/mol. The van der Waals surface area contributed by atoms with E-state index in [2.05, 4.69) is 56.2 Å². The van der Waals surface area contributed by atoms with E-state index >= 15 is 0 Å². The molecule has 4 atom stereocenters. The Kier molecular flexibility index (Phi) is 1.77. The minimum Gasteiger partial charge on any atom is -0.0872 e. The summed E-state index contributed by atoms with van der Waals surface area (Å²) in [6.07, 6.45) is 8.83. The second-order valence-electron chi connectivity index (χ2n) is 2.81. The SMILES string of the molecule is Br[C@@H]1[C@H](Br)[C@@H]2C=CC=C[C@H]12. The number of hydrogen-bond donors (Lipinski definition) is 0. The molecule has 2 aliphatic rings. The van der Waals surface area contributed by atoms with Gasteiger partial charge >= 0.3 is 0 Å². The maximum absolute atomic E-state index is 3.64. The second-order valence-corrected chi connectivity index (χ2v) is 4.93. The molecule has 0 spiro atoms. The van der Waals surface area contributed by atoms with Crippen molar-refractivity contribution in [1.29, 1.82) is 0 Å². The maximum Gasteiger partial charge on any atom is 0.0345 e. The molecule has 0 aliphatic heterocycles. The van der Waals surface area contributed by atoms with Crippen molar-refractivity contribution in [2.45, 2.75) is 9.65 Å². The normalized spacial score (nSPS) is 50.2. The molecule has 0 bridgehead atoms. The van der Waals surface area contributed by atoms with Gasteiger partial charge in [-0.1, -0.05) is 56.2 Å². The van der Waals surface area contributed by atoms with Crippen molar-refractivity contribution in [3.8, 4) is 0 Å². The van der Waals surface area contributed by atoms with Crippen LogP contribution in [0, 0.1) is 11.8 Å². The molecule has 0 aromatic heterocycles. The highest BCUT2D eigenvalue weighted by atomic mass is 79.9. The van der Waals surface area contributed by atoms with Crippen LogP contribution in [0.5, 0.6) is 0 Å². The molecule has 0 amide bonds. The molecule has 2 aliphatic carbocycles. The molecule has 0 nitrogen and oxygen atoms in total. The third-order valence-electron chi connectivity index (χ3n) is 2.26. The molecular formula is C8H8Br2. The van der Waals surface area contributed by atoms with Gasteiger partial charge in [-0.3, -0.25) is 0 Å². The van der Waals surface area contributed by atoms with E-state index in [1.165, 1.54) is 0 Å². The van der Waals surface area contributed by atoms with Crippen molar-refractivity contribution in [3.05, 3.63) is 24.3 Å². The molecule has 1 fully saturated rings. The van der Waals surface area contributed by atoms with Crippen LogP contribution in [0.4, 0.5) is 0 Å². The number of fused-ring (bicyclic) bond motifs is 1. The van der Waals surface area contributed by atoms with Crippen LogP contribution in [0.15, 0.2) is 24.3 Å². The highest BCUT2D eigenvalue weighted by Crippen LogP contribution is 2.47. The van der Waals surface area contributed by atoms with Crippen LogP contribution in [-0.4, -0.2) is 9.65 Å². The van der Waals surface area contributed by atoms with Gasteiger partial charge in [0.15, 0.2) is 0 Å². The molecule has 0 N–H and O–H groups in total. The molecule has 0 heterocycles. The Morgan fingerprint density at radius 3 is 1.60 bits per heavy atom. The highest BCUT2D eigenvalue weighted by Gasteiger charge is 2.45. The summed E-state index contributed by atoms with van der Waals surface area (Å²) >= 11 is 7.27. The van der Waals surface area contributed by atoms with Crippen LogP contribution in [0.25, 0.3) is 0 Å². The van der Waals surface area contributed by atoms with E-state index in [1.807, 2.05) is 0 Å². The Morgan fingerprint density at radius 2 is 1.20 bits per heavy atom. The summed E-state index contributed by atoms with van der Waals surface area (Å²) < 4.78 is 0. The summed E-state index contributed by atoms with van der Waals surface area (Å²) in [7, 11) is 0. The van der Waals surface area contributed by atoms with Gasteiger partial charge in [-0.05, 0) is 11.8 Å². The second kappa shape index (κ2) is 2.49. The van der Waals surface area contributed by atoms with Crippen molar-refractivity contribution in [2.75, 3.05) is 0 Å². The van der Waals surface area contributed by atoms with Gasteiger partial charge in [0.1, 0.15) is 0 Å². The summed E-state index contributed by atoms with van der Waals surface area (Å²) in [5, 5.41) is 0. The van der Waals surface area contributed by atoms with E-state index in [9.17, 15) is 0 Å². The Morgan fingerprint density at radius 1 is 0.800 bits per heavy atom. The van der Waals surface area contributed by atoms with Gasteiger partial charge in [-0.25, -0.2) is 0 Å². The summed E-state index contributed by atoms with van der Waals surface area (Å²) in [5.41, 5.74) is 0. The van der Waals surface area contributed by atoms with Crippen molar-refractivity contribution in [3.63, 3.8) is 0 Å². The lowest BCUT2D eigenvalue weighted by Gasteiger charge is -2.45. The van der Waals surface area contributed by atoms with Gasteiger partial charge in [0.2, 0.25) is 0 Å². The first-order valence-electron chi connectivity index (χ1n) is 3.44. The predicted octanol–water partition coefficient (Wildman–Crippen LogP) is 2.89. The molecule has 0 aromatic carbocycles. The maximum atomic E-state index is 3.64. The Labute approximate surface area is 77.6 Å². The molecule has 2 heteroatoms. The first-order valence-corrected chi connectivity index (χ1v) is 5.27. The molecule has 2 rings (SSSR count). The van der Waals surface area contributed by atoms with E-state index in [1.54, 1.807) is 0 Å². The van der Waals surface area contributed by atoms with Gasteiger partial charge in [0, 0.05) is 9.65 Å². The van der Waals surface area contributed by atoms with E-state index in [-0.39, 0.29) is 0 Å². The van der Waals surface area contributed by atoms with Crippen LogP contribution in [0.3, 0.4) is 0 Å². The quantitative estimate of drug-likeness (QED) is 0.590. The van der Waals surface area contributed by atoms with Gasteiger partial charge in [0.25, 0.3) is 0 Å². The van der Waals surface area contributed by atoms with E-state index < -0.39 is 0 Å². The minimum atomic E-state index is 0.638. The molecule has 0 aromatic rings. The average Bonchev–Trinajstić information content (AvgIpc) is 2.03. The first-order chi connectivity index (χ1) is 4.80. The molecule has 0 radical (unpaired) electrons. The fraction of sp³-hybridized carbons (Fsp3) is 0.500. The average molecular weight is 264 g/mol. The van der Waals surface area contributed by atoms with Crippen LogP contribution < -0.4 is 0 Å². The number of rotatable bonds is 0. The van der Waals surface area contributed by atoms with Gasteiger partial charge < -0.3 is 0 Å². The van der Waals surface area contributed by atoms with Crippen LogP contribution >= 0.6 is 31.9 Å². The number of halogens is 2. The van der Waals surface area contributed by atoms with Crippen molar-refractivity contribution in [2.24, 2.45) is 11.8 Å². The van der Waals surface area contributed by atoms with Crippen molar-refractivity contribution in [1.82, 2.24) is 0 Å². The Bertz CT molecular complexity index is 173. The van der Waals surface area contributed by atoms with Crippen molar-refractivity contribution < 1.29 is 0 Å². The van der Waals surface area contributed by atoms with Crippen LogP contribution in [0.1, 0.15) is 0 Å². The monoisotopic (exact) mass is 262 g/mol. The summed E-state index contributed by atoms with van der Waals surface area (Å²) in [6.45, 7) is 0. The largest absolute Gasteiger partial charge is 0.0872 e. The molecule has 0 unspecified atom stereocenters. The number of alkyl halides is 2.